The van der Waals surface area contributed by atoms with Gasteiger partial charge < -0.3 is 15.3 Å². The number of hydrogen-bond acceptors (Lipinski definition) is 3. The average molecular weight is 263 g/mol. The number of aromatic carboxylic acids is 1. The first kappa shape index (κ1) is 17.7. The van der Waals surface area contributed by atoms with Crippen LogP contribution in [0.25, 0.3) is 0 Å². The summed E-state index contributed by atoms with van der Waals surface area (Å²) in [6, 6.07) is 4.77. The van der Waals surface area contributed by atoms with Gasteiger partial charge in [-0.15, -0.1) is 0 Å². The highest BCUT2D eigenvalue weighted by atomic mass is 16.4. The minimum atomic E-state index is -1.32. The van der Waals surface area contributed by atoms with Crippen LogP contribution in [-0.4, -0.2) is 40.9 Å². The summed E-state index contributed by atoms with van der Waals surface area (Å²) < 4.78 is 0. The van der Waals surface area contributed by atoms with Gasteiger partial charge in [0.05, 0.1) is 16.8 Å². The Labute approximate surface area is 115 Å². The van der Waals surface area contributed by atoms with Crippen molar-refractivity contribution in [3.05, 3.63) is 34.9 Å². The molecule has 0 aliphatic rings. The van der Waals surface area contributed by atoms with Gasteiger partial charge in [0.1, 0.15) is 0 Å². The third-order valence-corrected chi connectivity index (χ3v) is 3.45. The molecule has 0 amide bonds. The van der Waals surface area contributed by atoms with Crippen molar-refractivity contribution >= 4 is 14.4 Å². The third-order valence-electron chi connectivity index (χ3n) is 3.45. The van der Waals surface area contributed by atoms with E-state index in [2.05, 4.69) is 0 Å². The lowest BCUT2D eigenvalue weighted by Gasteiger charge is -2.36. The zero-order valence-electron chi connectivity index (χ0n) is 11.8. The van der Waals surface area contributed by atoms with Crippen molar-refractivity contribution in [2.45, 2.75) is 45.3 Å². The Hall–Kier alpha value is -1.33. The smallest absolute Gasteiger partial charge is 0.335 e. The van der Waals surface area contributed by atoms with Crippen molar-refractivity contribution in [2.24, 2.45) is 0 Å². The second-order valence-corrected chi connectivity index (χ2v) is 5.46. The molecule has 3 N–H and O–H groups in total. The lowest BCUT2D eigenvalue weighted by Crippen LogP contribution is -2.49. The van der Waals surface area contributed by atoms with E-state index in [0.29, 0.717) is 0 Å². The lowest BCUT2D eigenvalue weighted by molar-refractivity contribution is -0.118. The quantitative estimate of drug-likeness (QED) is 0.717. The highest BCUT2D eigenvalue weighted by molar-refractivity contribution is 5.87. The first-order chi connectivity index (χ1) is 8.04. The van der Waals surface area contributed by atoms with Crippen LogP contribution >= 0.6 is 0 Å². The van der Waals surface area contributed by atoms with Crippen LogP contribution in [0.1, 0.15) is 42.3 Å². The molecule has 0 bridgehead atoms. The fourth-order valence-electron chi connectivity index (χ4n) is 1.58. The van der Waals surface area contributed by atoms with Gasteiger partial charge in [-0.05, 0) is 51.0 Å². The van der Waals surface area contributed by atoms with Gasteiger partial charge in [-0.25, -0.2) is 4.79 Å². The Morgan fingerprint density at radius 2 is 1.74 bits per heavy atom. The number of carboxylic acids is 1. The summed E-state index contributed by atoms with van der Waals surface area (Å²) in [4.78, 5) is 10.9. The van der Waals surface area contributed by atoms with Gasteiger partial charge in [0.25, 0.3) is 0 Å². The molecule has 0 saturated heterocycles. The summed E-state index contributed by atoms with van der Waals surface area (Å²) in [5.74, 6) is -1.00. The number of carbonyl (C=O) groups is 1. The van der Waals surface area contributed by atoms with Gasteiger partial charge >= 0.3 is 5.97 Å². The normalized spacial score (nSPS) is 14.4. The molecule has 0 heterocycles. The fourth-order valence-corrected chi connectivity index (χ4v) is 1.58. The topological polar surface area (TPSA) is 77.8 Å². The lowest BCUT2D eigenvalue weighted by atomic mass is 9.81. The van der Waals surface area contributed by atoms with Gasteiger partial charge in [0.15, 0.2) is 0 Å². The molecule has 0 saturated carbocycles. The minimum Gasteiger partial charge on any atom is -0.478 e. The van der Waals surface area contributed by atoms with Gasteiger partial charge in [-0.3, -0.25) is 0 Å². The first-order valence-corrected chi connectivity index (χ1v) is 5.82. The molecule has 5 heteroatoms. The van der Waals surface area contributed by atoms with Crippen molar-refractivity contribution < 1.29 is 20.1 Å². The van der Waals surface area contributed by atoms with Crippen molar-refractivity contribution in [1.29, 1.82) is 0 Å². The second-order valence-electron chi connectivity index (χ2n) is 5.46. The summed E-state index contributed by atoms with van der Waals surface area (Å²) in [7, 11) is 0. The Bertz CT molecular complexity index is 461. The van der Waals surface area contributed by atoms with E-state index in [9.17, 15) is 15.0 Å². The van der Waals surface area contributed by atoms with Crippen molar-refractivity contribution in [2.75, 3.05) is 0 Å². The van der Waals surface area contributed by atoms with Crippen LogP contribution in [0.2, 0.25) is 0 Å². The van der Waals surface area contributed by atoms with Crippen LogP contribution in [0.5, 0.6) is 0 Å². The standard InChI is InChI=1S/C14H20O4.B/c1-9-5-6-10(12(15)16)7-11(9)8-14(4,18)13(2,3)17;/h5-7,17-18H,8H2,1-4H3,(H,15,16);. The van der Waals surface area contributed by atoms with Crippen molar-refractivity contribution in [3.8, 4) is 0 Å². The number of hydrogen-bond donors (Lipinski definition) is 3. The first-order valence-electron chi connectivity index (χ1n) is 5.82. The Morgan fingerprint density at radius 3 is 2.16 bits per heavy atom. The summed E-state index contributed by atoms with van der Waals surface area (Å²) in [6.45, 7) is 6.45. The van der Waals surface area contributed by atoms with E-state index in [1.807, 2.05) is 6.92 Å². The van der Waals surface area contributed by atoms with Crippen molar-refractivity contribution in [1.82, 2.24) is 0 Å². The molecule has 0 aliphatic carbocycles. The number of rotatable bonds is 4. The number of aryl methyl sites for hydroxylation is 1. The molecule has 1 aromatic rings. The maximum atomic E-state index is 10.9. The van der Waals surface area contributed by atoms with E-state index in [1.54, 1.807) is 13.0 Å². The number of benzene rings is 1. The monoisotopic (exact) mass is 263 g/mol. The summed E-state index contributed by atoms with van der Waals surface area (Å²) in [5.41, 5.74) is -0.790. The molecular weight excluding hydrogens is 243 g/mol. The van der Waals surface area contributed by atoms with Crippen LogP contribution in [0.4, 0.5) is 0 Å². The molecule has 19 heavy (non-hydrogen) atoms. The molecule has 103 valence electrons. The predicted molar refractivity (Wildman–Crippen MR) is 74.5 cm³/mol. The zero-order chi connectivity index (χ0) is 14.1. The molecule has 3 radical (unpaired) electrons. The third kappa shape index (κ3) is 4.08. The Kier molecular flexibility index (Phi) is 5.36. The average Bonchev–Trinajstić information content (AvgIpc) is 2.18. The van der Waals surface area contributed by atoms with E-state index in [1.165, 1.54) is 26.0 Å². The van der Waals surface area contributed by atoms with E-state index >= 15 is 0 Å². The predicted octanol–water partition coefficient (Wildman–Crippen LogP) is 1.38. The van der Waals surface area contributed by atoms with Crippen LogP contribution in [0, 0.1) is 6.92 Å². The highest BCUT2D eigenvalue weighted by Gasteiger charge is 2.37. The molecule has 1 aromatic carbocycles. The maximum Gasteiger partial charge on any atom is 0.335 e. The molecule has 0 aromatic heterocycles. The fraction of sp³-hybridized carbons (Fsp3) is 0.500. The number of aliphatic hydroxyl groups is 2. The molecular formula is C14H20BO4. The zero-order valence-corrected chi connectivity index (χ0v) is 11.8. The number of carboxylic acid groups (broad SMARTS) is 1. The molecule has 0 fully saturated rings. The van der Waals surface area contributed by atoms with Crippen LogP contribution in [0.15, 0.2) is 18.2 Å². The highest BCUT2D eigenvalue weighted by Crippen LogP contribution is 2.27. The van der Waals surface area contributed by atoms with E-state index < -0.39 is 17.2 Å². The minimum absolute atomic E-state index is 0. The molecule has 4 nitrogen and oxygen atoms in total. The van der Waals surface area contributed by atoms with Gasteiger partial charge in [-0.1, -0.05) is 6.07 Å². The molecule has 0 aliphatic heterocycles. The Morgan fingerprint density at radius 1 is 1.21 bits per heavy atom. The van der Waals surface area contributed by atoms with Crippen LogP contribution in [-0.2, 0) is 6.42 Å². The largest absolute Gasteiger partial charge is 0.478 e. The molecule has 0 spiro atoms. The van der Waals surface area contributed by atoms with Gasteiger partial charge in [-0.2, -0.15) is 0 Å². The van der Waals surface area contributed by atoms with Gasteiger partial charge in [0, 0.05) is 14.8 Å². The molecule has 1 unspecified atom stereocenters. The second kappa shape index (κ2) is 5.76. The summed E-state index contributed by atoms with van der Waals surface area (Å²) in [6.07, 6.45) is 0.198. The Balaban J connectivity index is 0.00000324. The van der Waals surface area contributed by atoms with Crippen molar-refractivity contribution in [3.63, 3.8) is 0 Å². The van der Waals surface area contributed by atoms with E-state index in [4.69, 9.17) is 5.11 Å². The summed E-state index contributed by atoms with van der Waals surface area (Å²) in [5, 5.41) is 29.1. The molecule has 1 rings (SSSR count). The van der Waals surface area contributed by atoms with Gasteiger partial charge in [0.2, 0.25) is 0 Å². The van der Waals surface area contributed by atoms with E-state index in [-0.39, 0.29) is 20.4 Å². The van der Waals surface area contributed by atoms with Crippen LogP contribution < -0.4 is 0 Å². The summed E-state index contributed by atoms with van der Waals surface area (Å²) >= 11 is 0. The molecule has 1 atom stereocenters. The SMILES string of the molecule is Cc1ccc(C(=O)O)cc1CC(C)(O)C(C)(C)O.[B]. The van der Waals surface area contributed by atoms with E-state index in [0.717, 1.165) is 11.1 Å². The van der Waals surface area contributed by atoms with Crippen LogP contribution in [0.3, 0.4) is 0 Å². The maximum absolute atomic E-state index is 10.9.